The van der Waals surface area contributed by atoms with E-state index in [-0.39, 0.29) is 49.5 Å². The molecule has 1 aliphatic heterocycles. The van der Waals surface area contributed by atoms with Crippen LogP contribution in [-0.2, 0) is 27.3 Å². The van der Waals surface area contributed by atoms with Gasteiger partial charge in [0.2, 0.25) is 17.7 Å². The molecule has 1 heterocycles. The molecule has 5 rings (SSSR count). The molecule has 0 bridgehead atoms. The number of hydrogen-bond acceptors (Lipinski definition) is 6. The number of halogens is 2. The second-order valence-electron chi connectivity index (χ2n) is 11.3. The van der Waals surface area contributed by atoms with Gasteiger partial charge in [-0.2, -0.15) is 0 Å². The van der Waals surface area contributed by atoms with Gasteiger partial charge in [-0.25, -0.2) is 0 Å². The first-order valence-electron chi connectivity index (χ1n) is 14.5. The number of primary amides is 1. The van der Waals surface area contributed by atoms with Gasteiger partial charge in [0.25, 0.3) is 0 Å². The third kappa shape index (κ3) is 6.51. The predicted octanol–water partition coefficient (Wildman–Crippen LogP) is 5.44. The Morgan fingerprint density at radius 2 is 1.70 bits per heavy atom. The molecule has 4 aromatic rings. The van der Waals surface area contributed by atoms with Gasteiger partial charge in [-0.1, -0.05) is 64.5 Å². The van der Waals surface area contributed by atoms with Gasteiger partial charge in [0.1, 0.15) is 11.3 Å². The average Bonchev–Trinajstić information content (AvgIpc) is 3.15. The molecule has 4 aromatic carbocycles. The standard InChI is InChI=1S/C35H35BrN4O5.ClH/c1-21(41)23-11-9-22(10-12-23)17-32(42)39-20-28(35(2,38-3)34(37)44)33(43)40(30-8-6-5-7-29(30)39)19-27-26-15-14-25(36)18-24(26)13-16-31(27)45-4;/h5-16,18,28,38H,17,19-20H2,1-4H3,(H2,37,44);1H/t28-,35?;/m1./s1. The monoisotopic (exact) mass is 706 g/mol. The minimum Gasteiger partial charge on any atom is -0.496 e. The molecular formula is C35H36BrClN4O5. The van der Waals surface area contributed by atoms with Gasteiger partial charge in [-0.3, -0.25) is 19.2 Å². The maximum atomic E-state index is 14.7. The van der Waals surface area contributed by atoms with Crippen molar-refractivity contribution >= 4 is 74.0 Å². The lowest BCUT2D eigenvalue weighted by atomic mass is 9.83. The molecule has 0 saturated carbocycles. The van der Waals surface area contributed by atoms with Crippen LogP contribution < -0.4 is 25.6 Å². The largest absolute Gasteiger partial charge is 0.496 e. The molecule has 9 nitrogen and oxygen atoms in total. The summed E-state index contributed by atoms with van der Waals surface area (Å²) in [7, 11) is 3.16. The number of nitrogens with two attached hydrogens (primary N) is 1. The lowest BCUT2D eigenvalue weighted by Crippen LogP contribution is -2.63. The highest BCUT2D eigenvalue weighted by Gasteiger charge is 2.48. The highest BCUT2D eigenvalue weighted by Crippen LogP contribution is 2.40. The first-order valence-corrected chi connectivity index (χ1v) is 15.3. The maximum Gasteiger partial charge on any atom is 0.238 e. The number of hydrogen-bond donors (Lipinski definition) is 2. The lowest BCUT2D eigenvalue weighted by molar-refractivity contribution is -0.133. The molecule has 0 aliphatic carbocycles. The summed E-state index contributed by atoms with van der Waals surface area (Å²) in [6.45, 7) is 3.10. The summed E-state index contributed by atoms with van der Waals surface area (Å²) in [5.74, 6) is -1.85. The molecular weight excluding hydrogens is 672 g/mol. The van der Waals surface area contributed by atoms with E-state index in [1.807, 2.05) is 42.5 Å². The van der Waals surface area contributed by atoms with Gasteiger partial charge in [-0.15, -0.1) is 12.4 Å². The normalized spacial score (nSPS) is 15.8. The molecule has 0 saturated heterocycles. The van der Waals surface area contributed by atoms with Crippen molar-refractivity contribution in [3.8, 4) is 5.75 Å². The first-order chi connectivity index (χ1) is 21.5. The van der Waals surface area contributed by atoms with Gasteiger partial charge in [0, 0.05) is 22.1 Å². The van der Waals surface area contributed by atoms with Crippen LogP contribution in [0.5, 0.6) is 5.75 Å². The SMILES string of the molecule is CNC(C)(C(N)=O)[C@@H]1CN(C(=O)Cc2ccc(C(C)=O)cc2)c2ccccc2N(Cc2c(OC)ccc3cc(Br)ccc23)C1=O.Cl. The van der Waals surface area contributed by atoms with E-state index >= 15 is 0 Å². The van der Waals surface area contributed by atoms with E-state index in [0.717, 1.165) is 20.8 Å². The van der Waals surface area contributed by atoms with E-state index in [0.29, 0.717) is 28.3 Å². The van der Waals surface area contributed by atoms with Crippen molar-refractivity contribution in [3.05, 3.63) is 100 Å². The number of anilines is 2. The Morgan fingerprint density at radius 3 is 2.30 bits per heavy atom. The van der Waals surface area contributed by atoms with Crippen molar-refractivity contribution in [2.75, 3.05) is 30.5 Å². The van der Waals surface area contributed by atoms with E-state index in [2.05, 4.69) is 21.2 Å². The zero-order valence-electron chi connectivity index (χ0n) is 26.0. The average molecular weight is 708 g/mol. The second-order valence-corrected chi connectivity index (χ2v) is 12.2. The number of methoxy groups -OCH3 is 1. The lowest BCUT2D eigenvalue weighted by Gasteiger charge is -2.36. The second kappa shape index (κ2) is 14.0. The van der Waals surface area contributed by atoms with Crippen LogP contribution in [0.2, 0.25) is 0 Å². The zero-order valence-corrected chi connectivity index (χ0v) is 28.4. The Labute approximate surface area is 282 Å². The van der Waals surface area contributed by atoms with Crippen LogP contribution in [0.15, 0.2) is 83.3 Å². The van der Waals surface area contributed by atoms with E-state index in [9.17, 15) is 19.2 Å². The third-order valence-electron chi connectivity index (χ3n) is 8.72. The smallest absolute Gasteiger partial charge is 0.238 e. The molecule has 3 amide bonds. The summed E-state index contributed by atoms with van der Waals surface area (Å²) in [4.78, 5) is 56.7. The topological polar surface area (TPSA) is 122 Å². The van der Waals surface area contributed by atoms with Crippen LogP contribution in [0, 0.1) is 5.92 Å². The number of nitrogens with one attached hydrogen (secondary N) is 1. The van der Waals surface area contributed by atoms with Crippen LogP contribution in [0.3, 0.4) is 0 Å². The van der Waals surface area contributed by atoms with Crippen molar-refractivity contribution in [1.82, 2.24) is 5.32 Å². The molecule has 2 atom stereocenters. The highest BCUT2D eigenvalue weighted by molar-refractivity contribution is 9.10. The summed E-state index contributed by atoms with van der Waals surface area (Å²) in [6, 6.07) is 23.8. The number of carbonyl (C=O) groups is 4. The number of fused-ring (bicyclic) bond motifs is 2. The maximum absolute atomic E-state index is 14.7. The minimum atomic E-state index is -1.48. The molecule has 240 valence electrons. The van der Waals surface area contributed by atoms with Crippen molar-refractivity contribution in [3.63, 3.8) is 0 Å². The van der Waals surface area contributed by atoms with Crippen LogP contribution in [0.1, 0.15) is 35.3 Å². The number of para-hydroxylation sites is 2. The number of benzene rings is 4. The predicted molar refractivity (Wildman–Crippen MR) is 186 cm³/mol. The number of ketones is 1. The third-order valence-corrected chi connectivity index (χ3v) is 9.22. The molecule has 0 aromatic heterocycles. The quantitative estimate of drug-likeness (QED) is 0.224. The van der Waals surface area contributed by atoms with Gasteiger partial charge < -0.3 is 25.6 Å². The molecule has 3 N–H and O–H groups in total. The van der Waals surface area contributed by atoms with Gasteiger partial charge in [0.15, 0.2) is 5.78 Å². The van der Waals surface area contributed by atoms with Crippen LogP contribution in [-0.4, -0.2) is 49.7 Å². The van der Waals surface area contributed by atoms with Crippen LogP contribution >= 0.6 is 28.3 Å². The number of nitrogens with zero attached hydrogens (tertiary/aromatic N) is 2. The Balaban J connectivity index is 0.00000480. The van der Waals surface area contributed by atoms with E-state index in [4.69, 9.17) is 10.5 Å². The Hall–Kier alpha value is -4.25. The molecule has 0 spiro atoms. The van der Waals surface area contributed by atoms with Crippen molar-refractivity contribution < 1.29 is 23.9 Å². The number of Topliss-reactive ketones (excluding diaryl/α,β-unsaturated/α-hetero) is 1. The van der Waals surface area contributed by atoms with E-state index in [1.165, 1.54) is 6.92 Å². The first kappa shape index (κ1) is 34.6. The van der Waals surface area contributed by atoms with Gasteiger partial charge >= 0.3 is 0 Å². The number of likely N-dealkylation sites (N-methyl/N-ethyl adjacent to an activating group) is 1. The van der Waals surface area contributed by atoms with Crippen molar-refractivity contribution in [2.24, 2.45) is 11.7 Å². The van der Waals surface area contributed by atoms with E-state index < -0.39 is 17.4 Å². The van der Waals surface area contributed by atoms with Crippen molar-refractivity contribution in [2.45, 2.75) is 32.4 Å². The fraction of sp³-hybridized carbons (Fsp3) is 0.257. The summed E-state index contributed by atoms with van der Waals surface area (Å²) < 4.78 is 6.68. The Kier molecular flexibility index (Phi) is 10.6. The zero-order chi connectivity index (χ0) is 32.5. The summed E-state index contributed by atoms with van der Waals surface area (Å²) in [5.41, 5.74) is 7.53. The number of amides is 3. The Morgan fingerprint density at radius 1 is 1.02 bits per heavy atom. The molecule has 46 heavy (non-hydrogen) atoms. The van der Waals surface area contributed by atoms with E-state index in [1.54, 1.807) is 67.3 Å². The van der Waals surface area contributed by atoms with Gasteiger partial charge in [0.05, 0.1) is 37.4 Å². The van der Waals surface area contributed by atoms with Crippen LogP contribution in [0.4, 0.5) is 11.4 Å². The molecule has 1 unspecified atom stereocenters. The minimum absolute atomic E-state index is 0. The summed E-state index contributed by atoms with van der Waals surface area (Å²) >= 11 is 3.54. The fourth-order valence-corrected chi connectivity index (χ4v) is 6.25. The highest BCUT2D eigenvalue weighted by atomic mass is 79.9. The molecule has 0 fully saturated rings. The summed E-state index contributed by atoms with van der Waals surface area (Å²) in [5, 5.41) is 4.84. The number of rotatable bonds is 9. The fourth-order valence-electron chi connectivity index (χ4n) is 5.87. The number of carbonyl (C=O) groups excluding carboxylic acids is 4. The van der Waals surface area contributed by atoms with Crippen molar-refractivity contribution in [1.29, 1.82) is 0 Å². The van der Waals surface area contributed by atoms with Crippen LogP contribution in [0.25, 0.3) is 10.8 Å². The molecule has 11 heteroatoms. The van der Waals surface area contributed by atoms with Gasteiger partial charge in [-0.05, 0) is 67.6 Å². The molecule has 1 aliphatic rings. The molecule has 0 radical (unpaired) electrons. The Bertz CT molecular complexity index is 1820. The number of ether oxygens (including phenoxy) is 1. The summed E-state index contributed by atoms with van der Waals surface area (Å²) in [6.07, 6.45) is 0.0201.